The molecule has 0 saturated carbocycles. The maximum atomic E-state index is 13.2. The van der Waals surface area contributed by atoms with Crippen LogP contribution in [0.15, 0.2) is 29.2 Å². The van der Waals surface area contributed by atoms with E-state index < -0.39 is 16.1 Å². The Hall–Kier alpha value is -1.48. The highest BCUT2D eigenvalue weighted by atomic mass is 32.2. The number of aryl methyl sites for hydroxylation is 1. The first-order valence-electron chi connectivity index (χ1n) is 9.27. The predicted molar refractivity (Wildman–Crippen MR) is 103 cm³/mol. The SMILES string of the molecule is COCCN(CCOC)C(=O)[C@@H]1CCCCN1S(=O)(=O)c1ccc(C)cc1. The highest BCUT2D eigenvalue weighted by molar-refractivity contribution is 7.89. The van der Waals surface area contributed by atoms with Crippen LogP contribution in [-0.4, -0.2) is 76.6 Å². The van der Waals surface area contributed by atoms with Gasteiger partial charge in [-0.1, -0.05) is 24.1 Å². The van der Waals surface area contributed by atoms with Gasteiger partial charge in [-0.05, 0) is 31.9 Å². The van der Waals surface area contributed by atoms with Crippen LogP contribution in [0.1, 0.15) is 24.8 Å². The van der Waals surface area contributed by atoms with Crippen molar-refractivity contribution in [3.63, 3.8) is 0 Å². The van der Waals surface area contributed by atoms with Gasteiger partial charge >= 0.3 is 0 Å². The normalized spacial score (nSPS) is 18.4. The van der Waals surface area contributed by atoms with E-state index in [0.29, 0.717) is 39.3 Å². The number of hydrogen-bond donors (Lipinski definition) is 0. The van der Waals surface area contributed by atoms with Crippen LogP contribution >= 0.6 is 0 Å². The highest BCUT2D eigenvalue weighted by Gasteiger charge is 2.39. The fourth-order valence-electron chi connectivity index (χ4n) is 3.23. The van der Waals surface area contributed by atoms with E-state index in [1.165, 1.54) is 4.31 Å². The molecular weight excluding hydrogens is 368 g/mol. The van der Waals surface area contributed by atoms with Crippen LogP contribution in [0.2, 0.25) is 0 Å². The van der Waals surface area contributed by atoms with E-state index in [1.807, 2.05) is 6.92 Å². The summed E-state index contributed by atoms with van der Waals surface area (Å²) in [5.74, 6) is -0.181. The Bertz CT molecular complexity index is 697. The van der Waals surface area contributed by atoms with Crippen LogP contribution in [0.4, 0.5) is 0 Å². The molecule has 0 aliphatic carbocycles. The number of amides is 1. The summed E-state index contributed by atoms with van der Waals surface area (Å²) in [6.45, 7) is 3.88. The fourth-order valence-corrected chi connectivity index (χ4v) is 4.88. The van der Waals surface area contributed by atoms with Gasteiger partial charge in [-0.15, -0.1) is 0 Å². The van der Waals surface area contributed by atoms with Gasteiger partial charge in [0, 0.05) is 33.9 Å². The summed E-state index contributed by atoms with van der Waals surface area (Å²) >= 11 is 0. The van der Waals surface area contributed by atoms with Crippen LogP contribution in [0.25, 0.3) is 0 Å². The monoisotopic (exact) mass is 398 g/mol. The van der Waals surface area contributed by atoms with Crippen molar-refractivity contribution in [3.8, 4) is 0 Å². The lowest BCUT2D eigenvalue weighted by atomic mass is 10.0. The minimum Gasteiger partial charge on any atom is -0.383 e. The van der Waals surface area contributed by atoms with E-state index in [-0.39, 0.29) is 10.8 Å². The van der Waals surface area contributed by atoms with Crippen LogP contribution in [-0.2, 0) is 24.3 Å². The second-order valence-electron chi connectivity index (χ2n) is 6.75. The lowest BCUT2D eigenvalue weighted by Crippen LogP contribution is -2.54. The zero-order valence-electron chi connectivity index (χ0n) is 16.4. The van der Waals surface area contributed by atoms with Crippen molar-refractivity contribution in [1.82, 2.24) is 9.21 Å². The van der Waals surface area contributed by atoms with Gasteiger partial charge < -0.3 is 14.4 Å². The predicted octanol–water partition coefficient (Wildman–Crippen LogP) is 1.66. The molecule has 8 heteroatoms. The maximum absolute atomic E-state index is 13.2. The second-order valence-corrected chi connectivity index (χ2v) is 8.64. The van der Waals surface area contributed by atoms with Gasteiger partial charge in [0.2, 0.25) is 15.9 Å². The average molecular weight is 399 g/mol. The van der Waals surface area contributed by atoms with Crippen molar-refractivity contribution in [2.24, 2.45) is 0 Å². The molecule has 2 rings (SSSR count). The molecule has 27 heavy (non-hydrogen) atoms. The first-order valence-corrected chi connectivity index (χ1v) is 10.7. The molecule has 0 bridgehead atoms. The molecule has 0 unspecified atom stereocenters. The van der Waals surface area contributed by atoms with Crippen LogP contribution in [0.3, 0.4) is 0 Å². The lowest BCUT2D eigenvalue weighted by molar-refractivity contribution is -0.137. The van der Waals surface area contributed by atoms with Crippen LogP contribution < -0.4 is 0 Å². The molecule has 1 heterocycles. The number of benzene rings is 1. The van der Waals surface area contributed by atoms with Gasteiger partial charge in [0.05, 0.1) is 18.1 Å². The summed E-state index contributed by atoms with van der Waals surface area (Å²) < 4.78 is 37.9. The standard InChI is InChI=1S/C19H30N2O5S/c1-16-7-9-17(10-8-16)27(23,24)21-11-5-4-6-18(21)19(22)20(12-14-25-2)13-15-26-3/h7-10,18H,4-6,11-15H2,1-3H3/t18-/m0/s1. The molecule has 0 N–H and O–H groups in total. The molecule has 1 aliphatic heterocycles. The van der Waals surface area contributed by atoms with E-state index in [0.717, 1.165) is 18.4 Å². The number of rotatable bonds is 9. The first-order chi connectivity index (χ1) is 12.9. The van der Waals surface area contributed by atoms with E-state index in [1.54, 1.807) is 43.4 Å². The molecule has 0 spiro atoms. The number of nitrogens with zero attached hydrogens (tertiary/aromatic N) is 2. The van der Waals surface area contributed by atoms with Crippen molar-refractivity contribution in [2.45, 2.75) is 37.1 Å². The third-order valence-corrected chi connectivity index (χ3v) is 6.73. The Balaban J connectivity index is 2.26. The number of methoxy groups -OCH3 is 2. The minimum atomic E-state index is -3.72. The number of carbonyl (C=O) groups is 1. The Labute approximate surface area is 162 Å². The van der Waals surface area contributed by atoms with Crippen molar-refractivity contribution in [3.05, 3.63) is 29.8 Å². The maximum Gasteiger partial charge on any atom is 0.243 e. The molecule has 1 aliphatic rings. The minimum absolute atomic E-state index is 0.181. The first kappa shape index (κ1) is 21.8. The number of piperidine rings is 1. The number of carbonyl (C=O) groups excluding carboxylic acids is 1. The van der Waals surface area contributed by atoms with Crippen LogP contribution in [0, 0.1) is 6.92 Å². The van der Waals surface area contributed by atoms with E-state index >= 15 is 0 Å². The molecular formula is C19H30N2O5S. The largest absolute Gasteiger partial charge is 0.383 e. The highest BCUT2D eigenvalue weighted by Crippen LogP contribution is 2.26. The summed E-state index contributed by atoms with van der Waals surface area (Å²) in [6, 6.07) is 6.08. The van der Waals surface area contributed by atoms with Gasteiger partial charge in [-0.2, -0.15) is 4.31 Å². The second kappa shape index (κ2) is 10.2. The Morgan fingerprint density at radius 3 is 2.26 bits per heavy atom. The van der Waals surface area contributed by atoms with E-state index in [2.05, 4.69) is 0 Å². The quantitative estimate of drug-likeness (QED) is 0.632. The van der Waals surface area contributed by atoms with Crippen molar-refractivity contribution in [2.75, 3.05) is 47.1 Å². The number of sulfonamides is 1. The number of hydrogen-bond acceptors (Lipinski definition) is 5. The summed E-state index contributed by atoms with van der Waals surface area (Å²) in [5.41, 5.74) is 0.991. The molecule has 1 amide bonds. The molecule has 152 valence electrons. The van der Waals surface area contributed by atoms with Crippen molar-refractivity contribution < 1.29 is 22.7 Å². The fraction of sp³-hybridized carbons (Fsp3) is 0.632. The van der Waals surface area contributed by atoms with E-state index in [9.17, 15) is 13.2 Å². The van der Waals surface area contributed by atoms with Gasteiger partial charge in [0.15, 0.2) is 0 Å². The average Bonchev–Trinajstić information content (AvgIpc) is 2.68. The summed E-state index contributed by atoms with van der Waals surface area (Å²) in [6.07, 6.45) is 2.12. The molecule has 0 aromatic heterocycles. The Kier molecular flexibility index (Phi) is 8.22. The van der Waals surface area contributed by atoms with Gasteiger partial charge in [-0.3, -0.25) is 4.79 Å². The smallest absolute Gasteiger partial charge is 0.243 e. The van der Waals surface area contributed by atoms with Crippen molar-refractivity contribution in [1.29, 1.82) is 0 Å². The zero-order valence-corrected chi connectivity index (χ0v) is 17.2. The molecule has 1 aromatic rings. The third-order valence-electron chi connectivity index (χ3n) is 4.81. The third kappa shape index (κ3) is 5.51. The summed E-state index contributed by atoms with van der Waals surface area (Å²) in [5, 5.41) is 0. The summed E-state index contributed by atoms with van der Waals surface area (Å²) in [7, 11) is -0.570. The summed E-state index contributed by atoms with van der Waals surface area (Å²) in [4.78, 5) is 15.0. The Morgan fingerprint density at radius 2 is 1.70 bits per heavy atom. The molecule has 1 saturated heterocycles. The molecule has 1 fully saturated rings. The van der Waals surface area contributed by atoms with Gasteiger partial charge in [0.1, 0.15) is 6.04 Å². The van der Waals surface area contributed by atoms with Crippen molar-refractivity contribution >= 4 is 15.9 Å². The molecule has 0 radical (unpaired) electrons. The molecule has 7 nitrogen and oxygen atoms in total. The zero-order chi connectivity index (χ0) is 19.9. The molecule has 1 atom stereocenters. The van der Waals surface area contributed by atoms with Gasteiger partial charge in [-0.25, -0.2) is 8.42 Å². The number of ether oxygens (including phenoxy) is 2. The van der Waals surface area contributed by atoms with E-state index in [4.69, 9.17) is 9.47 Å². The Morgan fingerprint density at radius 1 is 1.11 bits per heavy atom. The topological polar surface area (TPSA) is 76.2 Å². The molecule has 1 aromatic carbocycles. The van der Waals surface area contributed by atoms with Crippen LogP contribution in [0.5, 0.6) is 0 Å². The van der Waals surface area contributed by atoms with Gasteiger partial charge in [0.25, 0.3) is 0 Å². The lowest BCUT2D eigenvalue weighted by Gasteiger charge is -2.36.